The summed E-state index contributed by atoms with van der Waals surface area (Å²) in [6.45, 7) is 8.71. The molecule has 0 saturated carbocycles. The van der Waals surface area contributed by atoms with Crippen LogP contribution in [0.2, 0.25) is 0 Å². The van der Waals surface area contributed by atoms with Crippen molar-refractivity contribution in [3.63, 3.8) is 0 Å². The van der Waals surface area contributed by atoms with Gasteiger partial charge < -0.3 is 10.0 Å². The number of nitrogens with one attached hydrogen (secondary N) is 1. The highest BCUT2D eigenvalue weighted by Crippen LogP contribution is 2.38. The number of carbonyl (C=O) groups excluding carboxylic acids is 1. The second-order valence-electron chi connectivity index (χ2n) is 6.60. The molecular formula is C21H25N4O2+. The fourth-order valence-corrected chi connectivity index (χ4v) is 3.08. The summed E-state index contributed by atoms with van der Waals surface area (Å²) in [5.41, 5.74) is 2.76. The molecule has 0 aliphatic heterocycles. The highest BCUT2D eigenvalue weighted by Gasteiger charge is 2.19. The van der Waals surface area contributed by atoms with Gasteiger partial charge in [-0.25, -0.2) is 0 Å². The Morgan fingerprint density at radius 3 is 2.41 bits per heavy atom. The Kier molecular flexibility index (Phi) is 5.66. The molecule has 0 aliphatic carbocycles. The summed E-state index contributed by atoms with van der Waals surface area (Å²) in [5.74, 6) is -0.392. The van der Waals surface area contributed by atoms with Gasteiger partial charge in [0, 0.05) is 10.9 Å². The summed E-state index contributed by atoms with van der Waals surface area (Å²) in [6, 6.07) is 14.8. The Balaban J connectivity index is 1.97. The standard InChI is InChI=1S/C21H24N4O2/c1-4-24(5-2)14-25-18-9-7-6-8-17(18)19(21(25)27)22-23-20(26)16-12-10-15(3)11-13-16/h6-13,27H,4-5,14H2,1-3H3/p+1. The van der Waals surface area contributed by atoms with Crippen LogP contribution in [0.5, 0.6) is 5.88 Å². The van der Waals surface area contributed by atoms with Crippen LogP contribution >= 0.6 is 0 Å². The van der Waals surface area contributed by atoms with Crippen LogP contribution in [0.1, 0.15) is 29.8 Å². The minimum Gasteiger partial charge on any atom is -0.493 e. The van der Waals surface area contributed by atoms with E-state index in [0.29, 0.717) is 17.9 Å². The van der Waals surface area contributed by atoms with Crippen LogP contribution in [0.15, 0.2) is 58.8 Å². The lowest BCUT2D eigenvalue weighted by atomic mass is 10.1. The number of quaternary nitrogens is 1. The van der Waals surface area contributed by atoms with Gasteiger partial charge in [-0.05, 0) is 39.0 Å². The maximum atomic E-state index is 12.3. The number of carbonyl (C=O) groups is 1. The third kappa shape index (κ3) is 3.90. The van der Waals surface area contributed by atoms with Crippen molar-refractivity contribution in [2.45, 2.75) is 27.4 Å². The SMILES string of the molecule is CC[NH+](CC)Cn1c(O)c(N=NC(=O)c2ccc(C)cc2)c2ccccc21. The van der Waals surface area contributed by atoms with Crippen molar-refractivity contribution >= 4 is 22.5 Å². The average molecular weight is 365 g/mol. The predicted molar refractivity (Wildman–Crippen MR) is 106 cm³/mol. The van der Waals surface area contributed by atoms with Gasteiger partial charge in [0.1, 0.15) is 0 Å². The molecule has 3 rings (SSSR count). The van der Waals surface area contributed by atoms with Crippen LogP contribution in [0, 0.1) is 6.92 Å². The van der Waals surface area contributed by atoms with Crippen molar-refractivity contribution in [1.29, 1.82) is 0 Å². The van der Waals surface area contributed by atoms with Crippen molar-refractivity contribution in [2.24, 2.45) is 10.2 Å². The lowest BCUT2D eigenvalue weighted by molar-refractivity contribution is -0.919. The van der Waals surface area contributed by atoms with Crippen molar-refractivity contribution in [3.8, 4) is 5.88 Å². The molecule has 1 heterocycles. The molecule has 2 aromatic carbocycles. The highest BCUT2D eigenvalue weighted by molar-refractivity contribution is 5.97. The monoisotopic (exact) mass is 365 g/mol. The van der Waals surface area contributed by atoms with E-state index in [2.05, 4.69) is 24.1 Å². The first-order valence-electron chi connectivity index (χ1n) is 9.21. The summed E-state index contributed by atoms with van der Waals surface area (Å²) in [6.07, 6.45) is 0. The van der Waals surface area contributed by atoms with Gasteiger partial charge in [0.15, 0.2) is 12.4 Å². The van der Waals surface area contributed by atoms with Crippen molar-refractivity contribution in [3.05, 3.63) is 59.7 Å². The number of amides is 1. The number of benzene rings is 2. The third-order valence-corrected chi connectivity index (χ3v) is 4.84. The molecule has 27 heavy (non-hydrogen) atoms. The van der Waals surface area contributed by atoms with Crippen LogP contribution in [0.4, 0.5) is 5.69 Å². The molecular weight excluding hydrogens is 340 g/mol. The number of aromatic hydroxyl groups is 1. The minimum atomic E-state index is -0.430. The van der Waals surface area contributed by atoms with Gasteiger partial charge >= 0.3 is 0 Å². The fourth-order valence-electron chi connectivity index (χ4n) is 3.08. The number of hydrogen-bond acceptors (Lipinski definition) is 3. The molecule has 140 valence electrons. The number of rotatable bonds is 6. The molecule has 0 unspecified atom stereocenters. The smallest absolute Gasteiger partial charge is 0.295 e. The van der Waals surface area contributed by atoms with Gasteiger partial charge in [-0.2, -0.15) is 0 Å². The lowest BCUT2D eigenvalue weighted by Gasteiger charge is -2.17. The number of aromatic nitrogens is 1. The van der Waals surface area contributed by atoms with Gasteiger partial charge in [-0.1, -0.05) is 35.9 Å². The third-order valence-electron chi connectivity index (χ3n) is 4.84. The molecule has 0 aliphatic rings. The summed E-state index contributed by atoms with van der Waals surface area (Å²) in [5, 5.41) is 19.5. The van der Waals surface area contributed by atoms with Crippen molar-refractivity contribution in [2.75, 3.05) is 13.1 Å². The molecule has 6 heteroatoms. The molecule has 0 spiro atoms. The van der Waals surface area contributed by atoms with E-state index in [0.717, 1.165) is 29.6 Å². The predicted octanol–water partition coefficient (Wildman–Crippen LogP) is 3.46. The molecule has 1 aromatic heterocycles. The highest BCUT2D eigenvalue weighted by atomic mass is 16.3. The van der Waals surface area contributed by atoms with Crippen LogP contribution in [-0.2, 0) is 6.67 Å². The molecule has 6 nitrogen and oxygen atoms in total. The number of nitrogens with zero attached hydrogens (tertiary/aromatic N) is 3. The zero-order valence-corrected chi connectivity index (χ0v) is 15.9. The Morgan fingerprint density at radius 2 is 1.74 bits per heavy atom. The Labute approximate surface area is 158 Å². The fraction of sp³-hybridized carbons (Fsp3) is 0.286. The van der Waals surface area contributed by atoms with E-state index in [4.69, 9.17) is 0 Å². The quantitative estimate of drug-likeness (QED) is 0.657. The van der Waals surface area contributed by atoms with Crippen molar-refractivity contribution < 1.29 is 14.8 Å². The Morgan fingerprint density at radius 1 is 1.07 bits per heavy atom. The molecule has 1 amide bonds. The van der Waals surface area contributed by atoms with E-state index < -0.39 is 5.91 Å². The van der Waals surface area contributed by atoms with Crippen LogP contribution in [0.3, 0.4) is 0 Å². The number of aryl methyl sites for hydroxylation is 1. The summed E-state index contributed by atoms with van der Waals surface area (Å²) in [4.78, 5) is 13.6. The van der Waals surface area contributed by atoms with Crippen LogP contribution in [-0.4, -0.2) is 28.7 Å². The molecule has 0 radical (unpaired) electrons. The lowest BCUT2D eigenvalue weighted by Crippen LogP contribution is -3.10. The van der Waals surface area contributed by atoms with Gasteiger partial charge in [0.25, 0.3) is 5.91 Å². The van der Waals surface area contributed by atoms with E-state index in [1.807, 2.05) is 47.9 Å². The zero-order valence-electron chi connectivity index (χ0n) is 15.9. The number of hydrogen-bond donors (Lipinski definition) is 2. The second-order valence-corrected chi connectivity index (χ2v) is 6.60. The van der Waals surface area contributed by atoms with E-state index in [1.54, 1.807) is 12.1 Å². The first kappa shape index (κ1) is 18.8. The topological polar surface area (TPSA) is 71.4 Å². The molecule has 0 bridgehead atoms. The Hall–Kier alpha value is -2.99. The van der Waals surface area contributed by atoms with E-state index in [1.165, 1.54) is 4.90 Å². The van der Waals surface area contributed by atoms with Gasteiger partial charge in [-0.15, -0.1) is 10.2 Å². The van der Waals surface area contributed by atoms with Crippen molar-refractivity contribution in [1.82, 2.24) is 4.57 Å². The van der Waals surface area contributed by atoms with Gasteiger partial charge in [0.05, 0.1) is 18.6 Å². The molecule has 0 atom stereocenters. The number of azo groups is 1. The maximum absolute atomic E-state index is 12.3. The number of fused-ring (bicyclic) bond motifs is 1. The second kappa shape index (κ2) is 8.14. The zero-order chi connectivity index (χ0) is 19.4. The normalized spacial score (nSPS) is 11.7. The molecule has 0 saturated heterocycles. The minimum absolute atomic E-state index is 0.0380. The van der Waals surface area contributed by atoms with Crippen LogP contribution < -0.4 is 4.90 Å². The van der Waals surface area contributed by atoms with Crippen LogP contribution in [0.25, 0.3) is 10.9 Å². The largest absolute Gasteiger partial charge is 0.493 e. The Bertz CT molecular complexity index is 970. The average Bonchev–Trinajstić information content (AvgIpc) is 2.95. The summed E-state index contributed by atoms with van der Waals surface area (Å²) < 4.78 is 1.84. The van der Waals surface area contributed by atoms with Gasteiger partial charge in [0.2, 0.25) is 5.88 Å². The number of para-hydroxylation sites is 1. The summed E-state index contributed by atoms with van der Waals surface area (Å²) >= 11 is 0. The maximum Gasteiger partial charge on any atom is 0.295 e. The molecule has 2 N–H and O–H groups in total. The van der Waals surface area contributed by atoms with E-state index >= 15 is 0 Å². The first-order valence-corrected chi connectivity index (χ1v) is 9.21. The van der Waals surface area contributed by atoms with E-state index in [9.17, 15) is 9.90 Å². The van der Waals surface area contributed by atoms with E-state index in [-0.39, 0.29) is 5.88 Å². The summed E-state index contributed by atoms with van der Waals surface area (Å²) in [7, 11) is 0. The molecule has 0 fully saturated rings. The van der Waals surface area contributed by atoms with Gasteiger partial charge in [-0.3, -0.25) is 9.36 Å². The first-order chi connectivity index (χ1) is 13.0. The molecule has 3 aromatic rings.